The van der Waals surface area contributed by atoms with Gasteiger partial charge in [-0.25, -0.2) is 13.4 Å². The Morgan fingerprint density at radius 2 is 1.72 bits per heavy atom. The van der Waals surface area contributed by atoms with Gasteiger partial charge >= 0.3 is 0 Å². The van der Waals surface area contributed by atoms with E-state index < -0.39 is 10.0 Å². The Balaban J connectivity index is 1.44. The monoisotopic (exact) mass is 430 g/mol. The molecule has 1 saturated heterocycles. The van der Waals surface area contributed by atoms with Crippen LogP contribution in [0.25, 0.3) is 5.69 Å². The molecule has 0 aliphatic carbocycles. The van der Waals surface area contributed by atoms with E-state index in [1.54, 1.807) is 21.1 Å². The Labute approximate surface area is 174 Å². The van der Waals surface area contributed by atoms with Crippen LogP contribution in [0.15, 0.2) is 58.6 Å². The molecule has 0 amide bonds. The van der Waals surface area contributed by atoms with E-state index in [9.17, 15) is 8.42 Å². The first kappa shape index (κ1) is 20.0. The van der Waals surface area contributed by atoms with E-state index in [4.69, 9.17) is 0 Å². The number of rotatable bonds is 6. The average Bonchev–Trinajstić information content (AvgIpc) is 3.04. The zero-order valence-corrected chi connectivity index (χ0v) is 17.5. The molecule has 2 aromatic heterocycles. The van der Waals surface area contributed by atoms with Crippen molar-refractivity contribution >= 4 is 21.8 Å². The molecule has 10 heteroatoms. The Morgan fingerprint density at radius 1 is 0.966 bits per heavy atom. The van der Waals surface area contributed by atoms with E-state index in [-0.39, 0.29) is 4.90 Å². The Hall–Kier alpha value is -2.30. The van der Waals surface area contributed by atoms with Crippen LogP contribution in [0.1, 0.15) is 31.5 Å². The van der Waals surface area contributed by atoms with Crippen LogP contribution in [0.2, 0.25) is 0 Å². The molecule has 0 atom stereocenters. The topological polar surface area (TPSA) is 93.9 Å². The fraction of sp³-hybridized carbons (Fsp3) is 0.368. The number of pyridine rings is 1. The number of para-hydroxylation sites is 1. The van der Waals surface area contributed by atoms with Crippen LogP contribution in [0.4, 0.5) is 0 Å². The molecule has 4 rings (SSSR count). The van der Waals surface area contributed by atoms with E-state index in [1.165, 1.54) is 18.0 Å². The normalized spacial score (nSPS) is 15.9. The molecule has 1 aromatic carbocycles. The summed E-state index contributed by atoms with van der Waals surface area (Å²) in [4.78, 5) is 4.59. The number of nitrogens with zero attached hydrogens (tertiary/aromatic N) is 6. The highest BCUT2D eigenvalue weighted by molar-refractivity contribution is 7.98. The summed E-state index contributed by atoms with van der Waals surface area (Å²) in [6, 6.07) is 13.0. The van der Waals surface area contributed by atoms with Crippen molar-refractivity contribution in [3.63, 3.8) is 0 Å². The van der Waals surface area contributed by atoms with Crippen molar-refractivity contribution < 1.29 is 8.42 Å². The van der Waals surface area contributed by atoms with Gasteiger partial charge in [0.2, 0.25) is 10.0 Å². The van der Waals surface area contributed by atoms with Crippen LogP contribution in [-0.4, -0.2) is 51.0 Å². The highest BCUT2D eigenvalue weighted by atomic mass is 32.2. The fourth-order valence-electron chi connectivity index (χ4n) is 3.24. The first-order valence-corrected chi connectivity index (χ1v) is 12.0. The molecule has 0 spiro atoms. The van der Waals surface area contributed by atoms with Crippen molar-refractivity contribution in [3.8, 4) is 5.69 Å². The van der Waals surface area contributed by atoms with E-state index in [0.29, 0.717) is 24.7 Å². The van der Waals surface area contributed by atoms with Crippen LogP contribution < -0.4 is 0 Å². The van der Waals surface area contributed by atoms with Gasteiger partial charge in [0.1, 0.15) is 4.90 Å². The second kappa shape index (κ2) is 9.02. The molecule has 3 aromatic rings. The molecule has 3 heterocycles. The Kier molecular flexibility index (Phi) is 6.22. The summed E-state index contributed by atoms with van der Waals surface area (Å²) in [6.45, 7) is 1.17. The van der Waals surface area contributed by atoms with Crippen molar-refractivity contribution in [2.75, 3.05) is 13.1 Å². The third-order valence-electron chi connectivity index (χ3n) is 4.80. The van der Waals surface area contributed by atoms with Crippen LogP contribution in [0, 0.1) is 0 Å². The minimum Gasteiger partial charge on any atom is -0.249 e. The molecule has 0 N–H and O–H groups in total. The third-order valence-corrected chi connectivity index (χ3v) is 7.62. The summed E-state index contributed by atoms with van der Waals surface area (Å²) in [5.74, 6) is 1.22. The lowest BCUT2D eigenvalue weighted by molar-refractivity contribution is 0.423. The van der Waals surface area contributed by atoms with Gasteiger partial charge in [-0.05, 0) is 47.5 Å². The van der Waals surface area contributed by atoms with Crippen LogP contribution in [0.3, 0.4) is 0 Å². The van der Waals surface area contributed by atoms with Crippen molar-refractivity contribution in [1.82, 2.24) is 29.5 Å². The molecule has 1 aliphatic heterocycles. The first-order valence-electron chi connectivity index (χ1n) is 9.56. The maximum Gasteiger partial charge on any atom is 0.244 e. The van der Waals surface area contributed by atoms with Gasteiger partial charge < -0.3 is 0 Å². The lowest BCUT2D eigenvalue weighted by Crippen LogP contribution is -2.32. The van der Waals surface area contributed by atoms with Crippen molar-refractivity contribution in [2.45, 2.75) is 41.4 Å². The number of aromatic nitrogens is 5. The lowest BCUT2D eigenvalue weighted by Gasteiger charge is -2.19. The number of hydrogen-bond acceptors (Lipinski definition) is 7. The number of tetrazole rings is 1. The van der Waals surface area contributed by atoms with Gasteiger partial charge in [-0.2, -0.15) is 8.99 Å². The lowest BCUT2D eigenvalue weighted by atomic mass is 10.2. The summed E-state index contributed by atoms with van der Waals surface area (Å²) in [5, 5.41) is 12.6. The molecular formula is C19H22N6O2S2. The number of hydrogen-bond donors (Lipinski definition) is 0. The van der Waals surface area contributed by atoms with Crippen molar-refractivity contribution in [1.29, 1.82) is 0 Å². The highest BCUT2D eigenvalue weighted by Gasteiger charge is 2.25. The van der Waals surface area contributed by atoms with Crippen LogP contribution >= 0.6 is 11.8 Å². The predicted octanol–water partition coefficient (Wildman–Crippen LogP) is 2.91. The minimum absolute atomic E-state index is 0.248. The van der Waals surface area contributed by atoms with Gasteiger partial charge in [-0.3, -0.25) is 0 Å². The molecule has 8 nitrogen and oxygen atoms in total. The van der Waals surface area contributed by atoms with E-state index >= 15 is 0 Å². The Morgan fingerprint density at radius 3 is 2.41 bits per heavy atom. The molecule has 0 bridgehead atoms. The van der Waals surface area contributed by atoms with Gasteiger partial charge in [-0.15, -0.1) is 5.10 Å². The minimum atomic E-state index is -3.48. The van der Waals surface area contributed by atoms with E-state index in [1.807, 2.05) is 30.3 Å². The Bertz CT molecular complexity index is 1030. The standard InChI is InChI=1S/C19H22N6O2S2/c26-29(27,24-12-6-1-2-7-13-24)17-10-11-19(20-14-17)28-15-18-21-22-23-25(18)16-8-4-3-5-9-16/h3-5,8-11,14H,1-2,6-7,12-13,15H2. The van der Waals surface area contributed by atoms with Crippen molar-refractivity contribution in [3.05, 3.63) is 54.5 Å². The molecular weight excluding hydrogens is 408 g/mol. The van der Waals surface area contributed by atoms with Crippen molar-refractivity contribution in [2.24, 2.45) is 0 Å². The van der Waals surface area contributed by atoms with Gasteiger partial charge in [0.15, 0.2) is 5.82 Å². The van der Waals surface area contributed by atoms with Gasteiger partial charge in [0, 0.05) is 19.3 Å². The smallest absolute Gasteiger partial charge is 0.244 e. The van der Waals surface area contributed by atoms with Gasteiger partial charge in [0.05, 0.1) is 16.5 Å². The zero-order chi connectivity index (χ0) is 20.1. The summed E-state index contributed by atoms with van der Waals surface area (Å²) < 4.78 is 29.0. The van der Waals surface area contributed by atoms with E-state index in [2.05, 4.69) is 20.5 Å². The molecule has 0 radical (unpaired) electrons. The molecule has 1 fully saturated rings. The maximum absolute atomic E-state index is 12.8. The molecule has 152 valence electrons. The third kappa shape index (κ3) is 4.65. The summed E-state index contributed by atoms with van der Waals surface area (Å²) >= 11 is 1.46. The summed E-state index contributed by atoms with van der Waals surface area (Å²) in [7, 11) is -3.48. The summed E-state index contributed by atoms with van der Waals surface area (Å²) in [6.07, 6.45) is 5.45. The number of thioether (sulfide) groups is 1. The fourth-order valence-corrected chi connectivity index (χ4v) is 5.45. The zero-order valence-electron chi connectivity index (χ0n) is 15.9. The second-order valence-corrected chi connectivity index (χ2v) is 9.72. The van der Waals surface area contributed by atoms with Gasteiger partial charge in [0.25, 0.3) is 0 Å². The van der Waals surface area contributed by atoms with Crippen LogP contribution in [0.5, 0.6) is 0 Å². The maximum atomic E-state index is 12.8. The first-order chi connectivity index (χ1) is 14.1. The molecule has 0 saturated carbocycles. The SMILES string of the molecule is O=S(=O)(c1ccc(SCc2nnnn2-c2ccccc2)nc1)N1CCCCCC1. The largest absolute Gasteiger partial charge is 0.249 e. The number of benzene rings is 1. The van der Waals surface area contributed by atoms with Gasteiger partial charge in [-0.1, -0.05) is 42.8 Å². The average molecular weight is 431 g/mol. The molecule has 1 aliphatic rings. The number of sulfonamides is 1. The molecule has 0 unspecified atom stereocenters. The quantitative estimate of drug-likeness (QED) is 0.555. The van der Waals surface area contributed by atoms with E-state index in [0.717, 1.165) is 36.4 Å². The molecule has 29 heavy (non-hydrogen) atoms. The van der Waals surface area contributed by atoms with Crippen LogP contribution in [-0.2, 0) is 15.8 Å². The summed E-state index contributed by atoms with van der Waals surface area (Å²) in [5.41, 5.74) is 0.889. The second-order valence-electron chi connectivity index (χ2n) is 6.78. The highest BCUT2D eigenvalue weighted by Crippen LogP contribution is 2.24. The predicted molar refractivity (Wildman–Crippen MR) is 110 cm³/mol.